The minimum Gasteiger partial charge on any atom is -0.349 e. The van der Waals surface area contributed by atoms with E-state index in [2.05, 4.69) is 23.8 Å². The van der Waals surface area contributed by atoms with Gasteiger partial charge in [-0.15, -0.1) is 0 Å². The van der Waals surface area contributed by atoms with Gasteiger partial charge in [0.05, 0.1) is 0 Å². The van der Waals surface area contributed by atoms with Gasteiger partial charge in [0.2, 0.25) is 0 Å². The molecule has 0 unspecified atom stereocenters. The largest absolute Gasteiger partial charge is 0.349 e. The zero-order chi connectivity index (χ0) is 9.23. The van der Waals surface area contributed by atoms with E-state index in [1.54, 1.807) is 12.4 Å². The molecular weight excluding hydrogens is 148 g/mol. The Hall–Kier alpha value is -0.790. The summed E-state index contributed by atoms with van der Waals surface area (Å²) in [6.45, 7) is 6.38. The SMILES string of the molecule is CCCCCC.Cc1ncc[nH]1. The Morgan fingerprint density at radius 2 is 1.83 bits per heavy atom. The lowest BCUT2D eigenvalue weighted by Gasteiger charge is -1.86. The lowest BCUT2D eigenvalue weighted by molar-refractivity contribution is 0.702. The van der Waals surface area contributed by atoms with Gasteiger partial charge in [0.15, 0.2) is 0 Å². The van der Waals surface area contributed by atoms with Gasteiger partial charge in [-0.2, -0.15) is 0 Å². The summed E-state index contributed by atoms with van der Waals surface area (Å²) in [5, 5.41) is 0. The number of H-pyrrole nitrogens is 1. The third-order valence-corrected chi connectivity index (χ3v) is 1.59. The summed E-state index contributed by atoms with van der Waals surface area (Å²) < 4.78 is 0. The molecule has 0 aliphatic rings. The Labute approximate surface area is 75.4 Å². The summed E-state index contributed by atoms with van der Waals surface area (Å²) in [4.78, 5) is 6.75. The van der Waals surface area contributed by atoms with Crippen molar-refractivity contribution >= 4 is 0 Å². The second-order valence-electron chi connectivity index (χ2n) is 2.88. The molecule has 2 nitrogen and oxygen atoms in total. The van der Waals surface area contributed by atoms with Crippen LogP contribution in [-0.4, -0.2) is 9.97 Å². The Morgan fingerprint density at radius 3 is 2.00 bits per heavy atom. The van der Waals surface area contributed by atoms with E-state index in [1.165, 1.54) is 25.7 Å². The molecule has 2 heteroatoms. The second-order valence-corrected chi connectivity index (χ2v) is 2.88. The average molecular weight is 168 g/mol. The van der Waals surface area contributed by atoms with Crippen molar-refractivity contribution in [1.29, 1.82) is 0 Å². The smallest absolute Gasteiger partial charge is 0.102 e. The fourth-order valence-corrected chi connectivity index (χ4v) is 0.844. The molecule has 0 aliphatic carbocycles. The van der Waals surface area contributed by atoms with Crippen molar-refractivity contribution in [1.82, 2.24) is 9.97 Å². The Bertz CT molecular complexity index is 152. The van der Waals surface area contributed by atoms with Gasteiger partial charge < -0.3 is 4.98 Å². The number of rotatable bonds is 3. The summed E-state index contributed by atoms with van der Waals surface area (Å²) in [5.74, 6) is 0.968. The number of aromatic nitrogens is 2. The molecule has 1 aromatic heterocycles. The first-order valence-corrected chi connectivity index (χ1v) is 4.77. The maximum absolute atomic E-state index is 3.86. The molecule has 12 heavy (non-hydrogen) atoms. The molecule has 0 radical (unpaired) electrons. The van der Waals surface area contributed by atoms with Crippen molar-refractivity contribution in [2.45, 2.75) is 46.5 Å². The standard InChI is InChI=1S/C6H14.C4H6N2/c1-3-5-6-4-2;1-4-5-2-3-6-4/h3-6H2,1-2H3;2-3H,1H3,(H,5,6). The third kappa shape index (κ3) is 7.32. The van der Waals surface area contributed by atoms with Gasteiger partial charge >= 0.3 is 0 Å². The van der Waals surface area contributed by atoms with Crippen molar-refractivity contribution in [3.8, 4) is 0 Å². The molecule has 70 valence electrons. The van der Waals surface area contributed by atoms with Crippen LogP contribution in [0.15, 0.2) is 12.4 Å². The fourth-order valence-electron chi connectivity index (χ4n) is 0.844. The van der Waals surface area contributed by atoms with Crippen molar-refractivity contribution in [2.24, 2.45) is 0 Å². The predicted octanol–water partition coefficient (Wildman–Crippen LogP) is 3.30. The topological polar surface area (TPSA) is 28.7 Å². The average Bonchev–Trinajstić information content (AvgIpc) is 2.53. The van der Waals surface area contributed by atoms with Gasteiger partial charge in [-0.05, 0) is 6.92 Å². The quantitative estimate of drug-likeness (QED) is 0.689. The van der Waals surface area contributed by atoms with E-state index in [0.717, 1.165) is 5.82 Å². The van der Waals surface area contributed by atoms with E-state index in [4.69, 9.17) is 0 Å². The molecule has 1 heterocycles. The summed E-state index contributed by atoms with van der Waals surface area (Å²) in [5.41, 5.74) is 0. The van der Waals surface area contributed by atoms with Crippen LogP contribution in [-0.2, 0) is 0 Å². The van der Waals surface area contributed by atoms with Crippen LogP contribution < -0.4 is 0 Å². The van der Waals surface area contributed by atoms with Crippen LogP contribution >= 0.6 is 0 Å². The molecule has 0 saturated carbocycles. The molecule has 1 aromatic rings. The van der Waals surface area contributed by atoms with E-state index >= 15 is 0 Å². The van der Waals surface area contributed by atoms with Crippen molar-refractivity contribution in [2.75, 3.05) is 0 Å². The Kier molecular flexibility index (Phi) is 7.76. The molecule has 1 N–H and O–H groups in total. The van der Waals surface area contributed by atoms with Gasteiger partial charge in [0.1, 0.15) is 5.82 Å². The van der Waals surface area contributed by atoms with Gasteiger partial charge in [-0.3, -0.25) is 0 Å². The molecule has 0 spiro atoms. The van der Waals surface area contributed by atoms with Crippen molar-refractivity contribution < 1.29 is 0 Å². The van der Waals surface area contributed by atoms with Crippen LogP contribution in [0, 0.1) is 6.92 Å². The zero-order valence-electron chi connectivity index (χ0n) is 8.43. The molecular formula is C10H20N2. The van der Waals surface area contributed by atoms with Gasteiger partial charge in [-0.1, -0.05) is 39.5 Å². The van der Waals surface area contributed by atoms with Crippen LogP contribution in [0.5, 0.6) is 0 Å². The van der Waals surface area contributed by atoms with Gasteiger partial charge in [0, 0.05) is 12.4 Å². The summed E-state index contributed by atoms with van der Waals surface area (Å²) in [6, 6.07) is 0. The number of nitrogens with one attached hydrogen (secondary N) is 1. The van der Waals surface area contributed by atoms with Crippen LogP contribution in [0.4, 0.5) is 0 Å². The maximum Gasteiger partial charge on any atom is 0.102 e. The van der Waals surface area contributed by atoms with Crippen LogP contribution in [0.25, 0.3) is 0 Å². The van der Waals surface area contributed by atoms with E-state index in [0.29, 0.717) is 0 Å². The Morgan fingerprint density at radius 1 is 1.25 bits per heavy atom. The van der Waals surface area contributed by atoms with Crippen molar-refractivity contribution in [3.05, 3.63) is 18.2 Å². The predicted molar refractivity (Wildman–Crippen MR) is 53.1 cm³/mol. The zero-order valence-corrected chi connectivity index (χ0v) is 8.43. The van der Waals surface area contributed by atoms with E-state index in [9.17, 15) is 0 Å². The van der Waals surface area contributed by atoms with Crippen LogP contribution in [0.2, 0.25) is 0 Å². The molecule has 0 amide bonds. The lowest BCUT2D eigenvalue weighted by atomic mass is 10.2. The van der Waals surface area contributed by atoms with Gasteiger partial charge in [0.25, 0.3) is 0 Å². The highest BCUT2D eigenvalue weighted by Gasteiger charge is 1.75. The molecule has 0 aromatic carbocycles. The first kappa shape index (κ1) is 11.2. The van der Waals surface area contributed by atoms with Gasteiger partial charge in [-0.25, -0.2) is 4.98 Å². The molecule has 0 saturated heterocycles. The van der Waals surface area contributed by atoms with E-state index < -0.39 is 0 Å². The molecule has 0 aliphatic heterocycles. The molecule has 0 fully saturated rings. The molecule has 1 rings (SSSR count). The van der Waals surface area contributed by atoms with Crippen molar-refractivity contribution in [3.63, 3.8) is 0 Å². The summed E-state index contributed by atoms with van der Waals surface area (Å²) in [7, 11) is 0. The number of hydrogen-bond acceptors (Lipinski definition) is 1. The first-order valence-electron chi connectivity index (χ1n) is 4.77. The number of unbranched alkanes of at least 4 members (excludes halogenated alkanes) is 3. The fraction of sp³-hybridized carbons (Fsp3) is 0.700. The third-order valence-electron chi connectivity index (χ3n) is 1.59. The van der Waals surface area contributed by atoms with E-state index in [-0.39, 0.29) is 0 Å². The first-order chi connectivity index (χ1) is 5.81. The molecule has 0 atom stereocenters. The highest BCUT2D eigenvalue weighted by atomic mass is 14.9. The summed E-state index contributed by atoms with van der Waals surface area (Å²) in [6.07, 6.45) is 9.07. The number of aryl methyl sites for hydroxylation is 1. The Balaban J connectivity index is 0.000000202. The van der Waals surface area contributed by atoms with Crippen LogP contribution in [0.1, 0.15) is 45.4 Å². The highest BCUT2D eigenvalue weighted by Crippen LogP contribution is 1.95. The monoisotopic (exact) mass is 168 g/mol. The number of imidazole rings is 1. The number of hydrogen-bond donors (Lipinski definition) is 1. The normalized spacial score (nSPS) is 8.92. The number of nitrogens with zero attached hydrogens (tertiary/aromatic N) is 1. The molecule has 0 bridgehead atoms. The minimum absolute atomic E-state index is 0.968. The van der Waals surface area contributed by atoms with E-state index in [1.807, 2.05) is 6.92 Å². The highest BCUT2D eigenvalue weighted by molar-refractivity contribution is 4.80. The lowest BCUT2D eigenvalue weighted by Crippen LogP contribution is -1.66. The minimum atomic E-state index is 0.968. The summed E-state index contributed by atoms with van der Waals surface area (Å²) >= 11 is 0. The second kappa shape index (κ2) is 8.31. The number of aromatic amines is 1. The van der Waals surface area contributed by atoms with Crippen LogP contribution in [0.3, 0.4) is 0 Å². The maximum atomic E-state index is 3.86.